The molecule has 1 aromatic carbocycles. The number of carboxylic acid groups (broad SMARTS) is 1. The van der Waals surface area contributed by atoms with Gasteiger partial charge in [0.25, 0.3) is 0 Å². The minimum absolute atomic E-state index is 0.0203. The quantitative estimate of drug-likeness (QED) is 0.0678. The van der Waals surface area contributed by atoms with Gasteiger partial charge in [-0.15, -0.1) is 0 Å². The Morgan fingerprint density at radius 1 is 1.07 bits per heavy atom. The van der Waals surface area contributed by atoms with E-state index in [1.807, 2.05) is 24.3 Å². The maximum atomic E-state index is 13.3. The molecule has 4 unspecified atom stereocenters. The molecule has 4 atom stereocenters. The molecular weight excluding hydrogens is 546 g/mol. The number of likely N-dealkylation sites (tertiary alicyclic amines) is 1. The summed E-state index contributed by atoms with van der Waals surface area (Å²) in [5.74, 6) is -3.84. The number of nitrogens with one attached hydrogen (secondary N) is 3. The number of para-hydroxylation sites is 1. The van der Waals surface area contributed by atoms with Crippen LogP contribution in [-0.2, 0) is 30.4 Å². The number of aliphatic carboxylic acids is 1. The van der Waals surface area contributed by atoms with Gasteiger partial charge < -0.3 is 48.6 Å². The topological polar surface area (TPSA) is 265 Å². The summed E-state index contributed by atoms with van der Waals surface area (Å²) in [6.45, 7) is 0.615. The second-order valence-corrected chi connectivity index (χ2v) is 10.3. The largest absolute Gasteiger partial charge is 0.480 e. The monoisotopic (exact) mass is 585 g/mol. The molecule has 4 amide bonds. The molecule has 12 N–H and O–H groups in total. The number of guanidine groups is 1. The number of aliphatic imine (C=N–C) groups is 1. The van der Waals surface area contributed by atoms with E-state index in [4.69, 9.17) is 22.9 Å². The molecule has 1 aromatic heterocycles. The van der Waals surface area contributed by atoms with Gasteiger partial charge in [-0.25, -0.2) is 4.79 Å². The van der Waals surface area contributed by atoms with Crippen molar-refractivity contribution in [2.24, 2.45) is 27.9 Å². The fraction of sp³-hybridized carbons (Fsp3) is 0.481. The van der Waals surface area contributed by atoms with E-state index in [-0.39, 0.29) is 25.2 Å². The lowest BCUT2D eigenvalue weighted by molar-refractivity contribution is -0.143. The average Bonchev–Trinajstić information content (AvgIpc) is 3.60. The Morgan fingerprint density at radius 2 is 1.81 bits per heavy atom. The first-order valence-electron chi connectivity index (χ1n) is 13.8. The summed E-state index contributed by atoms with van der Waals surface area (Å²) in [7, 11) is 0. The van der Waals surface area contributed by atoms with Crippen molar-refractivity contribution in [2.75, 3.05) is 13.1 Å². The van der Waals surface area contributed by atoms with Crippen molar-refractivity contribution in [3.63, 3.8) is 0 Å². The summed E-state index contributed by atoms with van der Waals surface area (Å²) >= 11 is 0. The molecule has 0 aliphatic carbocycles. The summed E-state index contributed by atoms with van der Waals surface area (Å²) in [4.78, 5) is 71.4. The summed E-state index contributed by atoms with van der Waals surface area (Å²) in [6, 6.07) is 3.01. The second kappa shape index (κ2) is 14.8. The number of primary amides is 1. The number of rotatable bonds is 15. The van der Waals surface area contributed by atoms with Crippen molar-refractivity contribution < 1.29 is 29.1 Å². The van der Waals surface area contributed by atoms with E-state index < -0.39 is 53.8 Å². The smallest absolute Gasteiger partial charge is 0.326 e. The molecule has 2 aromatic rings. The van der Waals surface area contributed by atoms with E-state index in [1.165, 1.54) is 4.90 Å². The van der Waals surface area contributed by atoms with Crippen molar-refractivity contribution in [2.45, 2.75) is 69.1 Å². The predicted octanol–water partition coefficient (Wildman–Crippen LogP) is -1.60. The molecule has 3 rings (SSSR count). The standard InChI is InChI=1S/C27H39N9O6/c28-17(6-3-11-32-27(30)31)25(40)36-12-4-8-21(36)24(39)34-19(9-10-22(29)37)23(38)35-20(26(41)42)13-15-14-33-18-7-2-1-5-16(15)18/h1-2,5,7,14,17,19-21,33H,3-4,6,8-13,28H2,(H2,29,37)(H,34,39)(H,35,38)(H,41,42)(H4,30,31,32). The Bertz CT molecular complexity index is 1320. The lowest BCUT2D eigenvalue weighted by Crippen LogP contribution is -2.57. The van der Waals surface area contributed by atoms with Crippen LogP contribution in [0.2, 0.25) is 0 Å². The number of carbonyl (C=O) groups excluding carboxylic acids is 4. The zero-order valence-corrected chi connectivity index (χ0v) is 23.3. The van der Waals surface area contributed by atoms with Gasteiger partial charge in [0, 0.05) is 43.0 Å². The van der Waals surface area contributed by atoms with Crippen LogP contribution in [0, 0.1) is 0 Å². The number of hydrogen-bond acceptors (Lipinski definition) is 7. The zero-order valence-electron chi connectivity index (χ0n) is 23.3. The van der Waals surface area contributed by atoms with Gasteiger partial charge in [0.1, 0.15) is 18.1 Å². The third-order valence-electron chi connectivity index (χ3n) is 7.15. The van der Waals surface area contributed by atoms with E-state index in [0.29, 0.717) is 44.3 Å². The second-order valence-electron chi connectivity index (χ2n) is 10.3. The van der Waals surface area contributed by atoms with Crippen LogP contribution in [0.15, 0.2) is 35.5 Å². The fourth-order valence-corrected chi connectivity index (χ4v) is 4.98. The molecule has 0 spiro atoms. The average molecular weight is 586 g/mol. The van der Waals surface area contributed by atoms with Crippen LogP contribution < -0.4 is 33.6 Å². The Hall–Kier alpha value is -4.66. The highest BCUT2D eigenvalue weighted by molar-refractivity contribution is 5.95. The van der Waals surface area contributed by atoms with Gasteiger partial charge in [-0.3, -0.25) is 24.2 Å². The van der Waals surface area contributed by atoms with Gasteiger partial charge in [-0.2, -0.15) is 0 Å². The van der Waals surface area contributed by atoms with Crippen molar-refractivity contribution in [1.82, 2.24) is 20.5 Å². The van der Waals surface area contributed by atoms with Gasteiger partial charge in [0.15, 0.2) is 5.96 Å². The molecule has 42 heavy (non-hydrogen) atoms. The molecule has 0 bridgehead atoms. The van der Waals surface area contributed by atoms with Crippen LogP contribution >= 0.6 is 0 Å². The number of benzene rings is 1. The zero-order chi connectivity index (χ0) is 30.8. The molecule has 1 fully saturated rings. The van der Waals surface area contributed by atoms with Crippen LogP contribution in [0.4, 0.5) is 0 Å². The molecule has 15 heteroatoms. The van der Waals surface area contributed by atoms with Crippen molar-refractivity contribution >= 4 is 46.5 Å². The van der Waals surface area contributed by atoms with E-state index >= 15 is 0 Å². The number of aromatic nitrogens is 1. The SMILES string of the molecule is NC(=O)CCC(NC(=O)C1CCCN1C(=O)C(N)CCCN=C(N)N)C(=O)NC(Cc1c[nH]c2ccccc12)C(=O)O. The number of nitrogens with zero attached hydrogens (tertiary/aromatic N) is 2. The first-order chi connectivity index (χ1) is 20.0. The predicted molar refractivity (Wildman–Crippen MR) is 155 cm³/mol. The van der Waals surface area contributed by atoms with E-state index in [1.54, 1.807) is 6.20 Å². The summed E-state index contributed by atoms with van der Waals surface area (Å²) in [5.41, 5.74) is 23.5. The van der Waals surface area contributed by atoms with Gasteiger partial charge in [0.2, 0.25) is 23.6 Å². The van der Waals surface area contributed by atoms with E-state index in [2.05, 4.69) is 20.6 Å². The summed E-state index contributed by atoms with van der Waals surface area (Å²) in [6.07, 6.45) is 2.94. The lowest BCUT2D eigenvalue weighted by atomic mass is 10.0. The first-order valence-corrected chi connectivity index (χ1v) is 13.8. The van der Waals surface area contributed by atoms with Crippen molar-refractivity contribution in [1.29, 1.82) is 0 Å². The van der Waals surface area contributed by atoms with Crippen LogP contribution in [0.3, 0.4) is 0 Å². The van der Waals surface area contributed by atoms with Crippen LogP contribution in [0.25, 0.3) is 10.9 Å². The molecule has 2 heterocycles. The van der Waals surface area contributed by atoms with Gasteiger partial charge in [0.05, 0.1) is 6.04 Å². The van der Waals surface area contributed by atoms with Crippen molar-refractivity contribution in [3.8, 4) is 0 Å². The molecule has 1 saturated heterocycles. The lowest BCUT2D eigenvalue weighted by Gasteiger charge is -2.28. The number of fused-ring (bicyclic) bond motifs is 1. The maximum absolute atomic E-state index is 13.3. The molecule has 0 radical (unpaired) electrons. The Morgan fingerprint density at radius 3 is 2.50 bits per heavy atom. The third-order valence-corrected chi connectivity index (χ3v) is 7.15. The number of hydrogen-bond donors (Lipinski definition) is 8. The Labute approximate surface area is 242 Å². The maximum Gasteiger partial charge on any atom is 0.326 e. The third kappa shape index (κ3) is 8.67. The van der Waals surface area contributed by atoms with E-state index in [0.717, 1.165) is 10.9 Å². The summed E-state index contributed by atoms with van der Waals surface area (Å²) in [5, 5.41) is 15.7. The number of carboxylic acids is 1. The van der Waals surface area contributed by atoms with Gasteiger partial charge in [-0.05, 0) is 43.7 Å². The number of H-pyrrole nitrogens is 1. The normalized spacial score (nSPS) is 16.8. The highest BCUT2D eigenvalue weighted by Crippen LogP contribution is 2.21. The number of amides is 4. The molecule has 0 saturated carbocycles. The van der Waals surface area contributed by atoms with Crippen molar-refractivity contribution in [3.05, 3.63) is 36.0 Å². The molecule has 1 aliphatic heterocycles. The first kappa shape index (κ1) is 31.9. The Balaban J connectivity index is 1.68. The van der Waals surface area contributed by atoms with Crippen LogP contribution in [0.5, 0.6) is 0 Å². The van der Waals surface area contributed by atoms with Crippen LogP contribution in [0.1, 0.15) is 44.1 Å². The minimum Gasteiger partial charge on any atom is -0.480 e. The molecular formula is C27H39N9O6. The van der Waals surface area contributed by atoms with Crippen LogP contribution in [-0.4, -0.2) is 87.8 Å². The fourth-order valence-electron chi connectivity index (χ4n) is 4.98. The van der Waals surface area contributed by atoms with Gasteiger partial charge >= 0.3 is 5.97 Å². The molecule has 15 nitrogen and oxygen atoms in total. The molecule has 1 aliphatic rings. The minimum atomic E-state index is -1.31. The molecule has 228 valence electrons. The van der Waals surface area contributed by atoms with E-state index in [9.17, 15) is 29.1 Å². The number of aromatic amines is 1. The summed E-state index contributed by atoms with van der Waals surface area (Å²) < 4.78 is 0. The number of nitrogens with two attached hydrogens (primary N) is 4. The highest BCUT2D eigenvalue weighted by atomic mass is 16.4. The highest BCUT2D eigenvalue weighted by Gasteiger charge is 2.38. The van der Waals surface area contributed by atoms with Gasteiger partial charge in [-0.1, -0.05) is 18.2 Å². The number of carbonyl (C=O) groups is 5. The Kier molecular flexibility index (Phi) is 11.2.